The van der Waals surface area contributed by atoms with Gasteiger partial charge < -0.3 is 5.11 Å². The maximum atomic E-state index is 8.81. The smallest absolute Gasteiger partial charge is 0.0682 e. The molecule has 1 aromatic rings. The van der Waals surface area contributed by atoms with Gasteiger partial charge in [-0.15, -0.1) is 0 Å². The molecule has 0 aliphatic carbocycles. The molecule has 3 heteroatoms. The van der Waals surface area contributed by atoms with Crippen LogP contribution in [0.2, 0.25) is 5.02 Å². The summed E-state index contributed by atoms with van der Waals surface area (Å²) in [5.74, 6) is 0. The Morgan fingerprint density at radius 1 is 1.27 bits per heavy atom. The molecule has 1 rings (SSSR count). The first-order chi connectivity index (χ1) is 5.26. The van der Waals surface area contributed by atoms with Gasteiger partial charge in [-0.3, -0.25) is 0 Å². The minimum absolute atomic E-state index is 0.0422. The van der Waals surface area contributed by atoms with E-state index in [-0.39, 0.29) is 6.61 Å². The standard InChI is InChI=1S/C8H8BrClO/c9-4-6-1-7(5-11)3-8(10)2-6/h1-3,11H,4-5H2. The summed E-state index contributed by atoms with van der Waals surface area (Å²) in [6.07, 6.45) is 0. The van der Waals surface area contributed by atoms with Crippen LogP contribution in [0.5, 0.6) is 0 Å². The number of aliphatic hydroxyl groups excluding tert-OH is 1. The third kappa shape index (κ3) is 2.47. The van der Waals surface area contributed by atoms with Crippen LogP contribution in [0.3, 0.4) is 0 Å². The number of halogens is 2. The summed E-state index contributed by atoms with van der Waals surface area (Å²) in [5, 5.41) is 10.2. The quantitative estimate of drug-likeness (QED) is 0.782. The number of alkyl halides is 1. The molecule has 1 aromatic carbocycles. The van der Waals surface area contributed by atoms with E-state index in [1.165, 1.54) is 0 Å². The zero-order valence-corrected chi connectivity index (χ0v) is 8.19. The van der Waals surface area contributed by atoms with Crippen LogP contribution < -0.4 is 0 Å². The Balaban J connectivity index is 3.02. The molecule has 1 nitrogen and oxygen atoms in total. The van der Waals surface area contributed by atoms with Crippen molar-refractivity contribution in [2.75, 3.05) is 0 Å². The molecule has 0 aliphatic heterocycles. The molecule has 0 radical (unpaired) electrons. The van der Waals surface area contributed by atoms with Crippen molar-refractivity contribution in [3.63, 3.8) is 0 Å². The Labute approximate surface area is 79.1 Å². The third-order valence-corrected chi connectivity index (χ3v) is 2.22. The van der Waals surface area contributed by atoms with Crippen LogP contribution in [0.25, 0.3) is 0 Å². The molecule has 0 fully saturated rings. The van der Waals surface area contributed by atoms with E-state index in [0.29, 0.717) is 5.02 Å². The number of rotatable bonds is 2. The fourth-order valence-corrected chi connectivity index (χ4v) is 1.49. The third-order valence-electron chi connectivity index (χ3n) is 1.35. The van der Waals surface area contributed by atoms with Crippen molar-refractivity contribution in [2.24, 2.45) is 0 Å². The molecule has 0 heterocycles. The molecule has 0 saturated carbocycles. The van der Waals surface area contributed by atoms with Crippen molar-refractivity contribution in [1.29, 1.82) is 0 Å². The maximum Gasteiger partial charge on any atom is 0.0682 e. The van der Waals surface area contributed by atoms with E-state index in [9.17, 15) is 0 Å². The molecule has 0 spiro atoms. The monoisotopic (exact) mass is 234 g/mol. The predicted molar refractivity (Wildman–Crippen MR) is 50.0 cm³/mol. The number of hydrogen-bond acceptors (Lipinski definition) is 1. The lowest BCUT2D eigenvalue weighted by Crippen LogP contribution is -1.85. The summed E-state index contributed by atoms with van der Waals surface area (Å²) in [4.78, 5) is 0. The molecule has 11 heavy (non-hydrogen) atoms. The van der Waals surface area contributed by atoms with Gasteiger partial charge in [0.1, 0.15) is 0 Å². The second-order valence-corrected chi connectivity index (χ2v) is 3.26. The lowest BCUT2D eigenvalue weighted by molar-refractivity contribution is 0.282. The molecule has 0 atom stereocenters. The molecule has 1 N–H and O–H groups in total. The van der Waals surface area contributed by atoms with Crippen molar-refractivity contribution < 1.29 is 5.11 Å². The lowest BCUT2D eigenvalue weighted by Gasteiger charge is -2.00. The van der Waals surface area contributed by atoms with Crippen LogP contribution in [-0.4, -0.2) is 5.11 Å². The van der Waals surface area contributed by atoms with Gasteiger partial charge in [0.15, 0.2) is 0 Å². The highest BCUT2D eigenvalue weighted by Crippen LogP contribution is 2.16. The van der Waals surface area contributed by atoms with Crippen molar-refractivity contribution >= 4 is 27.5 Å². The highest BCUT2D eigenvalue weighted by atomic mass is 79.9. The van der Waals surface area contributed by atoms with Crippen LogP contribution in [-0.2, 0) is 11.9 Å². The minimum Gasteiger partial charge on any atom is -0.392 e. The van der Waals surface area contributed by atoms with Gasteiger partial charge in [0, 0.05) is 10.4 Å². The molecule has 0 aromatic heterocycles. The summed E-state index contributed by atoms with van der Waals surface area (Å²) in [7, 11) is 0. The SMILES string of the molecule is OCc1cc(Cl)cc(CBr)c1. The van der Waals surface area contributed by atoms with Crippen molar-refractivity contribution in [2.45, 2.75) is 11.9 Å². The highest BCUT2D eigenvalue weighted by molar-refractivity contribution is 9.08. The molecule has 0 amide bonds. The van der Waals surface area contributed by atoms with E-state index < -0.39 is 0 Å². The molecular formula is C8H8BrClO. The van der Waals surface area contributed by atoms with E-state index >= 15 is 0 Å². The fourth-order valence-electron chi connectivity index (χ4n) is 0.886. The van der Waals surface area contributed by atoms with Crippen LogP contribution >= 0.6 is 27.5 Å². The van der Waals surface area contributed by atoms with Gasteiger partial charge in [0.05, 0.1) is 6.61 Å². The normalized spacial score (nSPS) is 10.1. The molecule has 0 unspecified atom stereocenters. The zero-order valence-electron chi connectivity index (χ0n) is 5.85. The second kappa shape index (κ2) is 4.10. The van der Waals surface area contributed by atoms with Gasteiger partial charge >= 0.3 is 0 Å². The number of benzene rings is 1. The topological polar surface area (TPSA) is 20.2 Å². The average Bonchev–Trinajstić information content (AvgIpc) is 2.03. The summed E-state index contributed by atoms with van der Waals surface area (Å²) in [5.41, 5.74) is 1.94. The summed E-state index contributed by atoms with van der Waals surface area (Å²) < 4.78 is 0. The first-order valence-electron chi connectivity index (χ1n) is 3.21. The predicted octanol–water partition coefficient (Wildman–Crippen LogP) is 2.73. The van der Waals surface area contributed by atoms with Crippen LogP contribution in [0.1, 0.15) is 11.1 Å². The first kappa shape index (κ1) is 9.04. The van der Waals surface area contributed by atoms with Crippen LogP contribution in [0, 0.1) is 0 Å². The molecular weight excluding hydrogens is 227 g/mol. The minimum atomic E-state index is 0.0422. The summed E-state index contributed by atoms with van der Waals surface area (Å²) in [6.45, 7) is 0.0422. The second-order valence-electron chi connectivity index (χ2n) is 2.26. The molecule has 60 valence electrons. The maximum absolute atomic E-state index is 8.81. The zero-order chi connectivity index (χ0) is 8.27. The van der Waals surface area contributed by atoms with E-state index in [0.717, 1.165) is 16.5 Å². The van der Waals surface area contributed by atoms with E-state index in [4.69, 9.17) is 16.7 Å². The van der Waals surface area contributed by atoms with Gasteiger partial charge in [-0.25, -0.2) is 0 Å². The first-order valence-corrected chi connectivity index (χ1v) is 4.71. The average molecular weight is 236 g/mol. The Bertz CT molecular complexity index is 228. The molecule has 0 saturated heterocycles. The lowest BCUT2D eigenvalue weighted by atomic mass is 10.1. The van der Waals surface area contributed by atoms with Gasteiger partial charge in [0.2, 0.25) is 0 Å². The van der Waals surface area contributed by atoms with Crippen molar-refractivity contribution in [3.05, 3.63) is 34.3 Å². The van der Waals surface area contributed by atoms with Gasteiger partial charge in [-0.1, -0.05) is 33.6 Å². The van der Waals surface area contributed by atoms with Gasteiger partial charge in [-0.05, 0) is 23.3 Å². The van der Waals surface area contributed by atoms with Crippen molar-refractivity contribution in [1.82, 2.24) is 0 Å². The highest BCUT2D eigenvalue weighted by Gasteiger charge is 1.96. The Morgan fingerprint density at radius 3 is 2.45 bits per heavy atom. The number of hydrogen-bond donors (Lipinski definition) is 1. The summed E-state index contributed by atoms with van der Waals surface area (Å²) in [6, 6.07) is 5.55. The summed E-state index contributed by atoms with van der Waals surface area (Å²) >= 11 is 9.09. The van der Waals surface area contributed by atoms with E-state index in [1.54, 1.807) is 6.07 Å². The largest absolute Gasteiger partial charge is 0.392 e. The van der Waals surface area contributed by atoms with E-state index in [2.05, 4.69) is 15.9 Å². The van der Waals surface area contributed by atoms with Gasteiger partial charge in [0.25, 0.3) is 0 Å². The number of aliphatic hydroxyl groups is 1. The Kier molecular flexibility index (Phi) is 3.37. The molecule has 0 aliphatic rings. The Hall–Kier alpha value is -0.0500. The fraction of sp³-hybridized carbons (Fsp3) is 0.250. The van der Waals surface area contributed by atoms with Crippen LogP contribution in [0.4, 0.5) is 0 Å². The van der Waals surface area contributed by atoms with E-state index in [1.807, 2.05) is 12.1 Å². The van der Waals surface area contributed by atoms with Gasteiger partial charge in [-0.2, -0.15) is 0 Å². The van der Waals surface area contributed by atoms with Crippen LogP contribution in [0.15, 0.2) is 18.2 Å². The Morgan fingerprint density at radius 2 is 1.91 bits per heavy atom. The van der Waals surface area contributed by atoms with Crippen molar-refractivity contribution in [3.8, 4) is 0 Å². The molecule has 0 bridgehead atoms.